The summed E-state index contributed by atoms with van der Waals surface area (Å²) in [4.78, 5) is 0. The molecule has 0 unspecified atom stereocenters. The molecule has 112 valence electrons. The van der Waals surface area contributed by atoms with Crippen LogP contribution in [0, 0.1) is 22.7 Å². The van der Waals surface area contributed by atoms with Crippen molar-refractivity contribution in [2.75, 3.05) is 41.3 Å². The summed E-state index contributed by atoms with van der Waals surface area (Å²) in [6.45, 7) is 0.722. The van der Waals surface area contributed by atoms with E-state index in [4.69, 9.17) is 39.7 Å². The topological polar surface area (TPSA) is 180 Å². The Bertz CT molecular complexity index is 374. The van der Waals surface area contributed by atoms with E-state index in [1.165, 1.54) is 0 Å². The van der Waals surface area contributed by atoms with Gasteiger partial charge in [0.15, 0.2) is 13.1 Å². The number of nitriles is 2. The van der Waals surface area contributed by atoms with Gasteiger partial charge in [-0.2, -0.15) is 22.2 Å². The fraction of sp³-hybridized carbons (Fsp3) is 0.750. The second-order valence-electron chi connectivity index (χ2n) is 4.60. The summed E-state index contributed by atoms with van der Waals surface area (Å²) in [6.07, 6.45) is 0. The minimum Gasteiger partial charge on any atom is -0.759 e. The zero-order valence-corrected chi connectivity index (χ0v) is 12.2. The van der Waals surface area contributed by atoms with Crippen LogP contribution in [-0.2, 0) is 10.4 Å². The van der Waals surface area contributed by atoms with Crippen molar-refractivity contribution in [2.24, 2.45) is 11.7 Å². The van der Waals surface area contributed by atoms with Gasteiger partial charge in [0.2, 0.25) is 0 Å². The molecule has 0 rings (SSSR count). The van der Waals surface area contributed by atoms with Gasteiger partial charge in [0.25, 0.3) is 0 Å². The van der Waals surface area contributed by atoms with Gasteiger partial charge in [0.1, 0.15) is 12.1 Å². The van der Waals surface area contributed by atoms with Crippen molar-refractivity contribution in [3.63, 3.8) is 0 Å². The van der Waals surface area contributed by atoms with Crippen LogP contribution >= 0.6 is 0 Å². The molecule has 0 aromatic carbocycles. The molecule has 0 aliphatic carbocycles. The second-order valence-corrected chi connectivity index (χ2v) is 5.41. The Morgan fingerprint density at radius 3 is 1.11 bits per heavy atom. The molecule has 0 heterocycles. The number of hydrogen-bond donors (Lipinski definition) is 2. The van der Waals surface area contributed by atoms with Crippen LogP contribution < -0.4 is 11.7 Å². The Morgan fingerprint density at radius 2 is 1.11 bits per heavy atom. The van der Waals surface area contributed by atoms with Crippen LogP contribution in [0.25, 0.3) is 0 Å². The minimum absolute atomic E-state index is 0.233. The fourth-order valence-corrected chi connectivity index (χ4v) is 0.364. The highest BCUT2D eigenvalue weighted by Crippen LogP contribution is 1.78. The first-order valence-electron chi connectivity index (χ1n) is 4.76. The lowest BCUT2D eigenvalue weighted by Crippen LogP contribution is -2.46. The molecule has 0 saturated carbocycles. The SMILES string of the molecule is C[N+](C)(N)CC#N.C[N+](C)(N)CC#N.O=S(=O)([O-])[O-]. The van der Waals surface area contributed by atoms with Crippen LogP contribution in [0.4, 0.5) is 0 Å². The third-order valence-corrected chi connectivity index (χ3v) is 0.956. The number of rotatable bonds is 2. The Morgan fingerprint density at radius 1 is 0.947 bits per heavy atom. The smallest absolute Gasteiger partial charge is 0.183 e. The lowest BCUT2D eigenvalue weighted by Gasteiger charge is -2.16. The van der Waals surface area contributed by atoms with Gasteiger partial charge < -0.3 is 9.11 Å². The van der Waals surface area contributed by atoms with Crippen molar-refractivity contribution in [3.8, 4) is 12.1 Å². The monoisotopic (exact) mass is 296 g/mol. The summed E-state index contributed by atoms with van der Waals surface area (Å²) in [6, 6.07) is 3.91. The average molecular weight is 296 g/mol. The van der Waals surface area contributed by atoms with Crippen molar-refractivity contribution >= 4 is 10.4 Å². The normalized spacial score (nSPS) is 10.8. The zero-order valence-electron chi connectivity index (χ0n) is 11.4. The molecule has 10 nitrogen and oxygen atoms in total. The molecule has 0 aromatic rings. The maximum atomic E-state index is 8.52. The molecule has 0 bridgehead atoms. The van der Waals surface area contributed by atoms with Gasteiger partial charge in [0, 0.05) is 10.4 Å². The van der Waals surface area contributed by atoms with E-state index >= 15 is 0 Å². The molecular weight excluding hydrogens is 276 g/mol. The van der Waals surface area contributed by atoms with Gasteiger partial charge in [-0.05, 0) is 0 Å². The first-order valence-corrected chi connectivity index (χ1v) is 6.09. The third-order valence-electron chi connectivity index (χ3n) is 0.956. The molecule has 0 fully saturated rings. The summed E-state index contributed by atoms with van der Waals surface area (Å²) in [7, 11) is 1.90. The second kappa shape index (κ2) is 9.60. The maximum absolute atomic E-state index is 8.52. The van der Waals surface area contributed by atoms with Crippen molar-refractivity contribution < 1.29 is 26.7 Å². The Labute approximate surface area is 113 Å². The largest absolute Gasteiger partial charge is 0.759 e. The fourth-order valence-electron chi connectivity index (χ4n) is 0.364. The molecule has 19 heavy (non-hydrogen) atoms. The minimum atomic E-state index is -5.17. The van der Waals surface area contributed by atoms with Crippen molar-refractivity contribution in [2.45, 2.75) is 0 Å². The van der Waals surface area contributed by atoms with Crippen molar-refractivity contribution in [3.05, 3.63) is 0 Å². The van der Waals surface area contributed by atoms with Crippen LogP contribution in [0.1, 0.15) is 0 Å². The summed E-state index contributed by atoms with van der Waals surface area (Å²) < 4.78 is 34.5. The molecule has 0 aliphatic rings. The Kier molecular flexibility index (Phi) is 11.5. The van der Waals surface area contributed by atoms with Crippen LogP contribution in [-0.4, -0.2) is 68.0 Å². The van der Waals surface area contributed by atoms with E-state index in [1.807, 2.05) is 12.1 Å². The molecular formula is C8H20N6O4S. The summed E-state index contributed by atoms with van der Waals surface area (Å²) in [5.74, 6) is 10.7. The Hall–Kier alpha value is -1.31. The molecule has 11 heteroatoms. The molecule has 0 atom stereocenters. The first-order chi connectivity index (χ1) is 8.12. The van der Waals surface area contributed by atoms with Gasteiger partial charge in [-0.15, -0.1) is 0 Å². The standard InChI is InChI=1S/2C4H10N3.H2O4S/c2*1-7(2,6)4-3-5;1-5(2,3)4/h2*4,6H2,1-2H3;(H2,1,2,3,4)/q2*+1;/p-2. The van der Waals surface area contributed by atoms with E-state index in [-0.39, 0.29) is 9.18 Å². The average Bonchev–Trinajstić information content (AvgIpc) is 1.95. The predicted octanol–water partition coefficient (Wildman–Crippen LogP) is -2.42. The highest BCUT2D eigenvalue weighted by molar-refractivity contribution is 7.79. The van der Waals surface area contributed by atoms with Gasteiger partial charge in [0.05, 0.1) is 28.2 Å². The number of hydrogen-bond acceptors (Lipinski definition) is 8. The molecule has 4 N–H and O–H groups in total. The maximum Gasteiger partial charge on any atom is 0.183 e. The summed E-state index contributed by atoms with van der Waals surface area (Å²) in [5.41, 5.74) is 0. The van der Waals surface area contributed by atoms with E-state index < -0.39 is 10.4 Å². The molecule has 0 saturated heterocycles. The molecule has 0 amide bonds. The van der Waals surface area contributed by atoms with E-state index in [1.54, 1.807) is 28.2 Å². The quantitative estimate of drug-likeness (QED) is 0.141. The number of nitrogens with two attached hydrogens (primary N) is 2. The van der Waals surface area contributed by atoms with E-state index in [0.29, 0.717) is 13.1 Å². The summed E-state index contributed by atoms with van der Waals surface area (Å²) in [5, 5.41) is 16.1. The number of nitrogens with zero attached hydrogens (tertiary/aromatic N) is 4. The van der Waals surface area contributed by atoms with Gasteiger partial charge in [-0.3, -0.25) is 8.42 Å². The van der Waals surface area contributed by atoms with Crippen LogP contribution in [0.3, 0.4) is 0 Å². The van der Waals surface area contributed by atoms with Gasteiger partial charge in [-0.1, -0.05) is 0 Å². The van der Waals surface area contributed by atoms with E-state index in [2.05, 4.69) is 0 Å². The van der Waals surface area contributed by atoms with E-state index in [9.17, 15) is 0 Å². The van der Waals surface area contributed by atoms with Crippen LogP contribution in [0.15, 0.2) is 0 Å². The zero-order chi connectivity index (χ0) is 16.3. The lowest BCUT2D eigenvalue weighted by molar-refractivity contribution is -0.895. The lowest BCUT2D eigenvalue weighted by atomic mass is 10.6. The molecule has 0 radical (unpaired) electrons. The van der Waals surface area contributed by atoms with Crippen molar-refractivity contribution in [1.29, 1.82) is 10.5 Å². The first kappa shape index (κ1) is 22.8. The predicted molar refractivity (Wildman–Crippen MR) is 64.0 cm³/mol. The Balaban J connectivity index is -0.000000206. The van der Waals surface area contributed by atoms with Gasteiger partial charge in [-0.25, -0.2) is 9.18 Å². The highest BCUT2D eigenvalue weighted by Gasteiger charge is 2.04. The van der Waals surface area contributed by atoms with E-state index in [0.717, 1.165) is 0 Å². The molecule has 0 aromatic heterocycles. The van der Waals surface area contributed by atoms with Crippen molar-refractivity contribution in [1.82, 2.24) is 0 Å². The van der Waals surface area contributed by atoms with Gasteiger partial charge >= 0.3 is 0 Å². The third kappa shape index (κ3) is 80.5. The van der Waals surface area contributed by atoms with Crippen LogP contribution in [0.5, 0.6) is 0 Å². The van der Waals surface area contributed by atoms with Crippen LogP contribution in [0.2, 0.25) is 0 Å². The number of quaternary nitrogens is 2. The molecule has 0 aliphatic heterocycles. The highest BCUT2D eigenvalue weighted by atomic mass is 32.3. The summed E-state index contributed by atoms with van der Waals surface area (Å²) >= 11 is 0. The molecule has 0 spiro atoms.